The topological polar surface area (TPSA) is 29.9 Å². The Balaban J connectivity index is 2.64. The summed E-state index contributed by atoms with van der Waals surface area (Å²) in [5.41, 5.74) is 1.43. The highest BCUT2D eigenvalue weighted by molar-refractivity contribution is 5.28. The van der Waals surface area contributed by atoms with Gasteiger partial charge < -0.3 is 9.88 Å². The number of nitrogens with one attached hydrogen (secondary N) is 1. The summed E-state index contributed by atoms with van der Waals surface area (Å²) in [5.74, 6) is 1.01. The van der Waals surface area contributed by atoms with Crippen LogP contribution in [0.2, 0.25) is 0 Å². The molecular formula is C15H29N3. The number of unbranched alkanes of at least 4 members (excludes halogenated alkanes) is 2. The summed E-state index contributed by atoms with van der Waals surface area (Å²) in [4.78, 5) is 4.53. The molecule has 104 valence electrons. The molecule has 1 aromatic rings. The van der Waals surface area contributed by atoms with Crippen molar-refractivity contribution >= 4 is 5.95 Å². The quantitative estimate of drug-likeness (QED) is 0.701. The van der Waals surface area contributed by atoms with E-state index in [0.29, 0.717) is 5.41 Å². The van der Waals surface area contributed by atoms with E-state index in [1.807, 2.05) is 0 Å². The molecule has 0 saturated carbocycles. The Hall–Kier alpha value is -0.990. The van der Waals surface area contributed by atoms with E-state index in [4.69, 9.17) is 0 Å². The van der Waals surface area contributed by atoms with Crippen molar-refractivity contribution in [1.29, 1.82) is 0 Å². The second kappa shape index (κ2) is 6.81. The highest BCUT2D eigenvalue weighted by Crippen LogP contribution is 2.27. The van der Waals surface area contributed by atoms with Crippen LogP contribution in [-0.2, 0) is 6.54 Å². The van der Waals surface area contributed by atoms with Crippen LogP contribution >= 0.6 is 0 Å². The normalized spacial score (nSPS) is 11.8. The summed E-state index contributed by atoms with van der Waals surface area (Å²) < 4.78 is 2.27. The van der Waals surface area contributed by atoms with Gasteiger partial charge in [-0.15, -0.1) is 0 Å². The highest BCUT2D eigenvalue weighted by Gasteiger charge is 2.19. The first-order valence-corrected chi connectivity index (χ1v) is 7.26. The summed E-state index contributed by atoms with van der Waals surface area (Å²) in [6, 6.07) is 0. The van der Waals surface area contributed by atoms with Crippen LogP contribution in [0.3, 0.4) is 0 Å². The molecule has 18 heavy (non-hydrogen) atoms. The minimum atomic E-state index is 0.340. The van der Waals surface area contributed by atoms with Gasteiger partial charge in [-0.25, -0.2) is 4.98 Å². The fraction of sp³-hybridized carbons (Fsp3) is 0.800. The first kappa shape index (κ1) is 15.1. The summed E-state index contributed by atoms with van der Waals surface area (Å²) >= 11 is 0. The summed E-state index contributed by atoms with van der Waals surface area (Å²) in [6.07, 6.45) is 7.40. The second-order valence-corrected chi connectivity index (χ2v) is 5.99. The molecule has 1 aromatic heterocycles. The van der Waals surface area contributed by atoms with Crippen LogP contribution in [0.4, 0.5) is 5.95 Å². The summed E-state index contributed by atoms with van der Waals surface area (Å²) in [6.45, 7) is 13.1. The lowest BCUT2D eigenvalue weighted by molar-refractivity contribution is 0.273. The number of aryl methyl sites for hydroxylation is 1. The molecule has 0 aliphatic rings. The number of hydrogen-bond acceptors (Lipinski definition) is 2. The standard InChI is InChI=1S/C15H29N3/c1-6-8-9-10-15(4,5)12-18-11-13(3)17-14(18)16-7-2/h11H,6-10,12H2,1-5H3,(H,16,17). The van der Waals surface area contributed by atoms with Gasteiger partial charge in [0.05, 0.1) is 5.69 Å². The minimum absolute atomic E-state index is 0.340. The van der Waals surface area contributed by atoms with Gasteiger partial charge in [-0.05, 0) is 25.7 Å². The smallest absolute Gasteiger partial charge is 0.203 e. The van der Waals surface area contributed by atoms with E-state index < -0.39 is 0 Å². The number of aromatic nitrogens is 2. The average Bonchev–Trinajstić information content (AvgIpc) is 2.59. The molecule has 0 saturated heterocycles. The van der Waals surface area contributed by atoms with Crippen LogP contribution in [0.5, 0.6) is 0 Å². The average molecular weight is 251 g/mol. The van der Waals surface area contributed by atoms with E-state index in [0.717, 1.165) is 24.7 Å². The van der Waals surface area contributed by atoms with Gasteiger partial charge >= 0.3 is 0 Å². The van der Waals surface area contributed by atoms with E-state index in [1.54, 1.807) is 0 Å². The maximum absolute atomic E-state index is 4.53. The molecule has 1 heterocycles. The lowest BCUT2D eigenvalue weighted by Crippen LogP contribution is -2.21. The fourth-order valence-electron chi connectivity index (χ4n) is 2.36. The Morgan fingerprint density at radius 3 is 2.61 bits per heavy atom. The lowest BCUT2D eigenvalue weighted by Gasteiger charge is -2.26. The van der Waals surface area contributed by atoms with E-state index in [9.17, 15) is 0 Å². The van der Waals surface area contributed by atoms with Crippen molar-refractivity contribution in [3.8, 4) is 0 Å². The molecule has 0 amide bonds. The van der Waals surface area contributed by atoms with E-state index >= 15 is 0 Å². The van der Waals surface area contributed by atoms with Crippen LogP contribution < -0.4 is 5.32 Å². The Morgan fingerprint density at radius 1 is 1.28 bits per heavy atom. The maximum atomic E-state index is 4.53. The molecule has 0 aromatic carbocycles. The van der Waals surface area contributed by atoms with Gasteiger partial charge in [0.2, 0.25) is 5.95 Å². The zero-order valence-corrected chi connectivity index (χ0v) is 12.7. The fourth-order valence-corrected chi connectivity index (χ4v) is 2.36. The minimum Gasteiger partial charge on any atom is -0.356 e. The van der Waals surface area contributed by atoms with Crippen molar-refractivity contribution in [3.63, 3.8) is 0 Å². The lowest BCUT2D eigenvalue weighted by atomic mass is 9.87. The third-order valence-electron chi connectivity index (χ3n) is 3.29. The Labute approximate surface area is 112 Å². The van der Waals surface area contributed by atoms with Crippen molar-refractivity contribution in [2.24, 2.45) is 5.41 Å². The van der Waals surface area contributed by atoms with Crippen LogP contribution in [0.15, 0.2) is 6.20 Å². The SMILES string of the molecule is CCCCCC(C)(C)Cn1cc(C)nc1NCC. The molecular weight excluding hydrogens is 222 g/mol. The first-order valence-electron chi connectivity index (χ1n) is 7.26. The summed E-state index contributed by atoms with van der Waals surface area (Å²) in [5, 5.41) is 3.34. The van der Waals surface area contributed by atoms with E-state index in [-0.39, 0.29) is 0 Å². The van der Waals surface area contributed by atoms with Gasteiger partial charge in [-0.2, -0.15) is 0 Å². The first-order chi connectivity index (χ1) is 8.48. The van der Waals surface area contributed by atoms with Gasteiger partial charge in [-0.3, -0.25) is 0 Å². The third kappa shape index (κ3) is 4.71. The number of nitrogens with zero attached hydrogens (tertiary/aromatic N) is 2. The Kier molecular flexibility index (Phi) is 5.70. The molecule has 0 spiro atoms. The van der Waals surface area contributed by atoms with Crippen LogP contribution in [0, 0.1) is 12.3 Å². The Morgan fingerprint density at radius 2 is 2.00 bits per heavy atom. The van der Waals surface area contributed by atoms with Crippen molar-refractivity contribution in [1.82, 2.24) is 9.55 Å². The van der Waals surface area contributed by atoms with Gasteiger partial charge in [0.1, 0.15) is 0 Å². The third-order valence-corrected chi connectivity index (χ3v) is 3.29. The molecule has 3 nitrogen and oxygen atoms in total. The van der Waals surface area contributed by atoms with Crippen molar-refractivity contribution < 1.29 is 0 Å². The zero-order valence-electron chi connectivity index (χ0n) is 12.7. The summed E-state index contributed by atoms with van der Waals surface area (Å²) in [7, 11) is 0. The van der Waals surface area contributed by atoms with Gasteiger partial charge in [0.15, 0.2) is 0 Å². The molecule has 0 atom stereocenters. The molecule has 1 rings (SSSR count). The molecule has 0 aliphatic heterocycles. The predicted molar refractivity (Wildman–Crippen MR) is 79.1 cm³/mol. The second-order valence-electron chi connectivity index (χ2n) is 5.99. The zero-order chi connectivity index (χ0) is 13.6. The van der Waals surface area contributed by atoms with Gasteiger partial charge in [0.25, 0.3) is 0 Å². The molecule has 0 unspecified atom stereocenters. The molecule has 0 bridgehead atoms. The maximum Gasteiger partial charge on any atom is 0.203 e. The van der Waals surface area contributed by atoms with Crippen LogP contribution in [-0.4, -0.2) is 16.1 Å². The number of rotatable bonds is 8. The van der Waals surface area contributed by atoms with Crippen LogP contribution in [0.1, 0.15) is 59.1 Å². The number of hydrogen-bond donors (Lipinski definition) is 1. The van der Waals surface area contributed by atoms with E-state index in [1.165, 1.54) is 25.7 Å². The van der Waals surface area contributed by atoms with Crippen molar-refractivity contribution in [3.05, 3.63) is 11.9 Å². The Bertz CT molecular complexity index is 353. The predicted octanol–water partition coefficient (Wildman–Crippen LogP) is 4.23. The van der Waals surface area contributed by atoms with E-state index in [2.05, 4.69) is 55.7 Å². The molecule has 0 radical (unpaired) electrons. The highest BCUT2D eigenvalue weighted by atomic mass is 15.2. The van der Waals surface area contributed by atoms with Gasteiger partial charge in [-0.1, -0.05) is 40.0 Å². The number of anilines is 1. The largest absolute Gasteiger partial charge is 0.356 e. The molecule has 1 N–H and O–H groups in total. The molecule has 0 aliphatic carbocycles. The molecule has 0 fully saturated rings. The van der Waals surface area contributed by atoms with Crippen molar-refractivity contribution in [2.45, 2.75) is 66.8 Å². The van der Waals surface area contributed by atoms with Crippen LogP contribution in [0.25, 0.3) is 0 Å². The monoisotopic (exact) mass is 251 g/mol. The van der Waals surface area contributed by atoms with Gasteiger partial charge in [0, 0.05) is 19.3 Å². The number of imidazole rings is 1. The van der Waals surface area contributed by atoms with Crippen molar-refractivity contribution in [2.75, 3.05) is 11.9 Å². The molecule has 3 heteroatoms.